The Bertz CT molecular complexity index is 927. The zero-order valence-electron chi connectivity index (χ0n) is 36.2. The Morgan fingerprint density at radius 2 is 0.640 bits per heavy atom. The third-order valence-corrected chi connectivity index (χ3v) is 11.4. The highest BCUT2D eigenvalue weighted by Gasteiger charge is 2.29. The molecule has 0 amide bonds. The summed E-state index contributed by atoms with van der Waals surface area (Å²) in [7, 11) is 6.83. The zero-order valence-corrected chi connectivity index (χ0v) is 36.2. The van der Waals surface area contributed by atoms with Crippen LogP contribution in [0.5, 0.6) is 0 Å². The maximum atomic E-state index is 2.60. The first-order chi connectivity index (χ1) is 23.1. The number of hydrogen-bond acceptors (Lipinski definition) is 4. The number of nitrogens with zero attached hydrogens (tertiary/aromatic N) is 4. The van der Waals surface area contributed by atoms with Crippen molar-refractivity contribution in [2.24, 2.45) is 0 Å². The van der Waals surface area contributed by atoms with Gasteiger partial charge in [0.25, 0.3) is 0 Å². The summed E-state index contributed by atoms with van der Waals surface area (Å²) < 4.78 is 0. The molecule has 0 unspecified atom stereocenters. The van der Waals surface area contributed by atoms with Crippen LogP contribution < -0.4 is 19.6 Å². The van der Waals surface area contributed by atoms with E-state index in [-0.39, 0.29) is 0 Å². The molecule has 1 aromatic carbocycles. The standard InChI is InChI=1S/C15H24N2.3C9H20N2/c1-15(2,3)17-11-9-16(10-12-17)13-14-7-5-4-6-8-14;3*1-9(2,3)11-7-5-10(4)6-8-11/h4-8H,9-13H2,1-3H3;3*5-8H2,1-4H3/p+4. The topological polar surface area (TPSA) is 30.7 Å². The molecule has 0 bridgehead atoms. The van der Waals surface area contributed by atoms with Crippen LogP contribution in [-0.2, 0) is 6.54 Å². The van der Waals surface area contributed by atoms with Crippen LogP contribution in [0, 0.1) is 0 Å². The molecule has 1 aromatic rings. The maximum absolute atomic E-state index is 2.60. The van der Waals surface area contributed by atoms with Gasteiger partial charge in [-0.25, -0.2) is 0 Å². The first kappa shape index (κ1) is 45.1. The molecule has 5 rings (SSSR count). The van der Waals surface area contributed by atoms with Crippen LogP contribution in [0.25, 0.3) is 0 Å². The van der Waals surface area contributed by atoms with Gasteiger partial charge in [0.05, 0.1) is 73.5 Å². The number of quaternary nitrogens is 4. The molecule has 4 N–H and O–H groups in total. The highest BCUT2D eigenvalue weighted by molar-refractivity contribution is 5.13. The first-order valence-electron chi connectivity index (χ1n) is 20.4. The summed E-state index contributed by atoms with van der Waals surface area (Å²) in [5.41, 5.74) is 2.92. The molecule has 8 nitrogen and oxygen atoms in total. The molecule has 4 saturated heterocycles. The van der Waals surface area contributed by atoms with Crippen LogP contribution in [0.2, 0.25) is 0 Å². The Kier molecular flexibility index (Phi) is 18.4. The van der Waals surface area contributed by atoms with Gasteiger partial charge in [-0.15, -0.1) is 0 Å². The van der Waals surface area contributed by atoms with Crippen molar-refractivity contribution >= 4 is 0 Å². The van der Waals surface area contributed by atoms with Crippen molar-refractivity contribution < 1.29 is 19.6 Å². The minimum Gasteiger partial charge on any atom is -0.335 e. The van der Waals surface area contributed by atoms with Crippen LogP contribution in [0.15, 0.2) is 30.3 Å². The SMILES string of the molecule is CC(C)(C)N1CC[NH+](Cc2ccccc2)CC1.C[NH+]1CCN(C(C)(C)C)CC1.C[NH+]1CCN(C(C)(C)C)CC1.C[NH+]1CCN(C(C)(C)C)CC1. The fourth-order valence-corrected chi connectivity index (χ4v) is 7.23. The molecule has 0 atom stereocenters. The lowest BCUT2D eigenvalue weighted by atomic mass is 10.0. The molecule has 292 valence electrons. The van der Waals surface area contributed by atoms with Crippen molar-refractivity contribution in [2.45, 2.75) is 112 Å². The summed E-state index contributed by atoms with van der Waals surface area (Å²) in [5, 5.41) is 0. The van der Waals surface area contributed by atoms with Crippen molar-refractivity contribution in [1.82, 2.24) is 19.6 Å². The highest BCUT2D eigenvalue weighted by Crippen LogP contribution is 2.14. The summed E-state index contributed by atoms with van der Waals surface area (Å²) in [6.45, 7) is 49.2. The third kappa shape index (κ3) is 17.6. The van der Waals surface area contributed by atoms with Crippen molar-refractivity contribution in [3.8, 4) is 0 Å². The average Bonchev–Trinajstić information content (AvgIpc) is 3.02. The predicted octanol–water partition coefficient (Wildman–Crippen LogP) is 0.0312. The normalized spacial score (nSPS) is 22.5. The summed E-state index contributed by atoms with van der Waals surface area (Å²) in [4.78, 5) is 17.0. The van der Waals surface area contributed by atoms with Gasteiger partial charge in [0.2, 0.25) is 0 Å². The fraction of sp³-hybridized carbons (Fsp3) is 0.857. The Labute approximate surface area is 312 Å². The quantitative estimate of drug-likeness (QED) is 0.351. The van der Waals surface area contributed by atoms with Gasteiger partial charge in [-0.05, 0) is 83.1 Å². The number of benzene rings is 1. The zero-order chi connectivity index (χ0) is 37.8. The van der Waals surface area contributed by atoms with E-state index >= 15 is 0 Å². The summed E-state index contributed by atoms with van der Waals surface area (Å²) in [6.07, 6.45) is 0. The molecule has 0 radical (unpaired) electrons. The average molecular weight is 705 g/mol. The van der Waals surface area contributed by atoms with E-state index in [0.29, 0.717) is 22.2 Å². The second-order valence-corrected chi connectivity index (χ2v) is 19.9. The molecule has 0 aromatic heterocycles. The van der Waals surface area contributed by atoms with Crippen molar-refractivity contribution in [2.75, 3.05) is 126 Å². The van der Waals surface area contributed by atoms with E-state index in [1.54, 1.807) is 19.6 Å². The van der Waals surface area contributed by atoms with E-state index in [4.69, 9.17) is 0 Å². The van der Waals surface area contributed by atoms with E-state index in [0.717, 1.165) is 0 Å². The second-order valence-electron chi connectivity index (χ2n) is 19.9. The minimum absolute atomic E-state index is 0.332. The lowest BCUT2D eigenvalue weighted by Crippen LogP contribution is -3.13. The van der Waals surface area contributed by atoms with Gasteiger partial charge in [-0.1, -0.05) is 30.3 Å². The minimum atomic E-state index is 0.332. The van der Waals surface area contributed by atoms with Crippen LogP contribution in [0.1, 0.15) is 88.6 Å². The molecule has 50 heavy (non-hydrogen) atoms. The number of piperazine rings is 4. The molecule has 0 spiro atoms. The monoisotopic (exact) mass is 705 g/mol. The van der Waals surface area contributed by atoms with Gasteiger partial charge in [-0.2, -0.15) is 0 Å². The molecule has 8 heteroatoms. The lowest BCUT2D eigenvalue weighted by molar-refractivity contribution is -0.918. The fourth-order valence-electron chi connectivity index (χ4n) is 7.23. The van der Waals surface area contributed by atoms with Gasteiger partial charge in [0.15, 0.2) is 0 Å². The molecule has 0 saturated carbocycles. The molecular formula is C42H88N8+4. The van der Waals surface area contributed by atoms with Crippen LogP contribution in [-0.4, -0.2) is 168 Å². The number of hydrogen-bond donors (Lipinski definition) is 4. The first-order valence-corrected chi connectivity index (χ1v) is 20.4. The van der Waals surface area contributed by atoms with Crippen molar-refractivity contribution in [3.63, 3.8) is 0 Å². The number of nitrogens with one attached hydrogen (secondary N) is 4. The second kappa shape index (κ2) is 20.4. The molecular weight excluding hydrogens is 617 g/mol. The van der Waals surface area contributed by atoms with Crippen LogP contribution >= 0.6 is 0 Å². The molecule has 4 fully saturated rings. The molecule has 4 aliphatic rings. The van der Waals surface area contributed by atoms with Crippen molar-refractivity contribution in [3.05, 3.63) is 35.9 Å². The lowest BCUT2D eigenvalue weighted by Gasteiger charge is -2.40. The summed E-state index contributed by atoms with van der Waals surface area (Å²) in [5.74, 6) is 0. The number of rotatable bonds is 2. The highest BCUT2D eigenvalue weighted by atomic mass is 15.3. The largest absolute Gasteiger partial charge is 0.335 e. The smallest absolute Gasteiger partial charge is 0.103 e. The van der Waals surface area contributed by atoms with Crippen molar-refractivity contribution in [1.29, 1.82) is 0 Å². The van der Waals surface area contributed by atoms with Gasteiger partial charge < -0.3 is 19.6 Å². The van der Waals surface area contributed by atoms with Crippen LogP contribution in [0.4, 0.5) is 0 Å². The Hall–Kier alpha value is -1.10. The van der Waals surface area contributed by atoms with E-state index in [1.165, 1.54) is 117 Å². The maximum Gasteiger partial charge on any atom is 0.103 e. The van der Waals surface area contributed by atoms with Gasteiger partial charge in [0.1, 0.15) is 6.54 Å². The van der Waals surface area contributed by atoms with E-state index in [9.17, 15) is 0 Å². The Morgan fingerprint density at radius 1 is 0.400 bits per heavy atom. The van der Waals surface area contributed by atoms with Crippen LogP contribution in [0.3, 0.4) is 0 Å². The predicted molar refractivity (Wildman–Crippen MR) is 216 cm³/mol. The molecule has 4 aliphatic heterocycles. The summed E-state index contributed by atoms with van der Waals surface area (Å²) >= 11 is 0. The van der Waals surface area contributed by atoms with E-state index in [1.807, 2.05) is 0 Å². The Morgan fingerprint density at radius 3 is 0.880 bits per heavy atom. The Balaban J connectivity index is 0.000000237. The van der Waals surface area contributed by atoms with Gasteiger partial charge in [0, 0.05) is 80.1 Å². The summed E-state index contributed by atoms with van der Waals surface area (Å²) in [6, 6.07) is 10.9. The van der Waals surface area contributed by atoms with E-state index < -0.39 is 0 Å². The molecule has 4 heterocycles. The molecule has 0 aliphatic carbocycles. The number of likely N-dealkylation sites (N-methyl/N-ethyl adjacent to an activating group) is 3. The van der Waals surface area contributed by atoms with E-state index in [2.05, 4.69) is 154 Å². The third-order valence-electron chi connectivity index (χ3n) is 11.4. The van der Waals surface area contributed by atoms with Gasteiger partial charge >= 0.3 is 0 Å². The van der Waals surface area contributed by atoms with Gasteiger partial charge in [-0.3, -0.25) is 19.6 Å².